The number of nitrogens with zero attached hydrogens (tertiary/aromatic N) is 3. The molecule has 7 nitrogen and oxygen atoms in total. The van der Waals surface area contributed by atoms with Gasteiger partial charge in [0.05, 0.1) is 22.6 Å². The average Bonchev–Trinajstić information content (AvgIpc) is 2.73. The lowest BCUT2D eigenvalue weighted by atomic mass is 10.1. The van der Waals surface area contributed by atoms with Crippen LogP contribution in [0.3, 0.4) is 0 Å². The van der Waals surface area contributed by atoms with Gasteiger partial charge in [-0.3, -0.25) is 19.8 Å². The first kappa shape index (κ1) is 24.3. The molecule has 1 amide bonds. The summed E-state index contributed by atoms with van der Waals surface area (Å²) in [7, 11) is 0. The van der Waals surface area contributed by atoms with Gasteiger partial charge >= 0.3 is 12.4 Å². The standard InChI is InChI=1S/C20H18F6N4O3/c21-19(22,23)13-1-4-15(5-2-13)27-18(31)12-28-7-9-29(10-8-28)16-6-3-14(20(24,25)26)11-17(16)30(32)33/h1-6,11H,7-10,12H2,(H,27,31). The van der Waals surface area contributed by atoms with Crippen LogP contribution in [-0.4, -0.2) is 48.5 Å². The summed E-state index contributed by atoms with van der Waals surface area (Å²) in [6, 6.07) is 6.33. The van der Waals surface area contributed by atoms with E-state index in [1.165, 1.54) is 0 Å². The van der Waals surface area contributed by atoms with Crippen molar-refractivity contribution in [1.29, 1.82) is 0 Å². The summed E-state index contributed by atoms with van der Waals surface area (Å²) < 4.78 is 76.4. The van der Waals surface area contributed by atoms with Gasteiger partial charge in [0.1, 0.15) is 5.69 Å². The zero-order chi connectivity index (χ0) is 24.4. The van der Waals surface area contributed by atoms with Crippen molar-refractivity contribution in [3.05, 3.63) is 63.7 Å². The molecule has 178 valence electrons. The maximum absolute atomic E-state index is 12.9. The summed E-state index contributed by atoms with van der Waals surface area (Å²) in [5, 5.41) is 13.8. The van der Waals surface area contributed by atoms with Crippen LogP contribution in [0.2, 0.25) is 0 Å². The first-order chi connectivity index (χ1) is 15.3. The number of anilines is 2. The number of nitrogens with one attached hydrogen (secondary N) is 1. The van der Waals surface area contributed by atoms with Gasteiger partial charge in [-0.1, -0.05) is 0 Å². The summed E-state index contributed by atoms with van der Waals surface area (Å²) in [4.78, 5) is 25.9. The van der Waals surface area contributed by atoms with Gasteiger partial charge in [-0.05, 0) is 36.4 Å². The Morgan fingerprint density at radius 3 is 1.97 bits per heavy atom. The van der Waals surface area contributed by atoms with E-state index in [0.717, 1.165) is 36.4 Å². The molecule has 0 unspecified atom stereocenters. The highest BCUT2D eigenvalue weighted by atomic mass is 19.4. The lowest BCUT2D eigenvalue weighted by Gasteiger charge is -2.35. The summed E-state index contributed by atoms with van der Waals surface area (Å²) >= 11 is 0. The van der Waals surface area contributed by atoms with Crippen LogP contribution in [0.5, 0.6) is 0 Å². The SMILES string of the molecule is O=C(CN1CCN(c2ccc(C(F)(F)F)cc2[N+](=O)[O-])CC1)Nc1ccc(C(F)(F)F)cc1. The Hall–Kier alpha value is -3.35. The Kier molecular flexibility index (Phi) is 6.81. The summed E-state index contributed by atoms with van der Waals surface area (Å²) in [6.45, 7) is 1.01. The van der Waals surface area contributed by atoms with Crippen LogP contribution in [0, 0.1) is 10.1 Å². The fourth-order valence-corrected chi connectivity index (χ4v) is 3.41. The molecule has 2 aromatic rings. The Balaban J connectivity index is 1.58. The minimum Gasteiger partial charge on any atom is -0.363 e. The van der Waals surface area contributed by atoms with Crippen molar-refractivity contribution in [2.24, 2.45) is 0 Å². The van der Waals surface area contributed by atoms with Gasteiger partial charge in [-0.2, -0.15) is 26.3 Å². The molecule has 1 heterocycles. The number of hydrogen-bond acceptors (Lipinski definition) is 5. The molecule has 0 aliphatic carbocycles. The molecular formula is C20H18F6N4O3. The molecule has 1 saturated heterocycles. The van der Waals surface area contributed by atoms with E-state index in [1.54, 1.807) is 9.80 Å². The lowest BCUT2D eigenvalue weighted by Crippen LogP contribution is -2.48. The number of carbonyl (C=O) groups is 1. The molecule has 0 radical (unpaired) electrons. The quantitative estimate of drug-likeness (QED) is 0.394. The van der Waals surface area contributed by atoms with Crippen LogP contribution < -0.4 is 10.2 Å². The van der Waals surface area contributed by atoms with Gasteiger partial charge in [-0.25, -0.2) is 0 Å². The number of nitro benzene ring substituents is 1. The summed E-state index contributed by atoms with van der Waals surface area (Å²) in [6.07, 6.45) is -9.19. The molecule has 0 saturated carbocycles. The number of hydrogen-bond donors (Lipinski definition) is 1. The average molecular weight is 476 g/mol. The summed E-state index contributed by atoms with van der Waals surface area (Å²) in [5.74, 6) is -0.455. The molecule has 3 rings (SSSR count). The van der Waals surface area contributed by atoms with E-state index in [1.807, 2.05) is 0 Å². The van der Waals surface area contributed by atoms with Gasteiger partial charge in [-0.15, -0.1) is 0 Å². The number of benzene rings is 2. The third-order valence-electron chi connectivity index (χ3n) is 5.08. The van der Waals surface area contributed by atoms with Crippen LogP contribution in [0.4, 0.5) is 43.4 Å². The first-order valence-corrected chi connectivity index (χ1v) is 9.64. The van der Waals surface area contributed by atoms with E-state index < -0.39 is 40.0 Å². The second-order valence-corrected chi connectivity index (χ2v) is 7.34. The van der Waals surface area contributed by atoms with Crippen LogP contribution in [0.25, 0.3) is 0 Å². The molecular weight excluding hydrogens is 458 g/mol. The van der Waals surface area contributed by atoms with E-state index in [9.17, 15) is 41.3 Å². The van der Waals surface area contributed by atoms with Crippen molar-refractivity contribution in [3.63, 3.8) is 0 Å². The molecule has 1 N–H and O–H groups in total. The molecule has 0 bridgehead atoms. The van der Waals surface area contributed by atoms with Crippen molar-refractivity contribution in [3.8, 4) is 0 Å². The molecule has 2 aromatic carbocycles. The molecule has 1 aliphatic heterocycles. The predicted octanol–water partition coefficient (Wildman–Crippen LogP) is 4.39. The van der Waals surface area contributed by atoms with Crippen molar-refractivity contribution >= 4 is 23.0 Å². The maximum atomic E-state index is 12.9. The largest absolute Gasteiger partial charge is 0.416 e. The minimum atomic E-state index is -4.71. The topological polar surface area (TPSA) is 78.7 Å². The third kappa shape index (κ3) is 6.12. The smallest absolute Gasteiger partial charge is 0.363 e. The lowest BCUT2D eigenvalue weighted by molar-refractivity contribution is -0.384. The van der Waals surface area contributed by atoms with Crippen molar-refractivity contribution in [1.82, 2.24) is 4.90 Å². The van der Waals surface area contributed by atoms with E-state index in [-0.39, 0.29) is 31.0 Å². The predicted molar refractivity (Wildman–Crippen MR) is 107 cm³/mol. The van der Waals surface area contributed by atoms with E-state index in [0.29, 0.717) is 19.2 Å². The second-order valence-electron chi connectivity index (χ2n) is 7.34. The number of carbonyl (C=O) groups excluding carboxylic acids is 1. The monoisotopic (exact) mass is 476 g/mol. The van der Waals surface area contributed by atoms with Crippen LogP contribution in [0.15, 0.2) is 42.5 Å². The zero-order valence-corrected chi connectivity index (χ0v) is 16.9. The highest BCUT2D eigenvalue weighted by Crippen LogP contribution is 2.36. The van der Waals surface area contributed by atoms with Crippen LogP contribution in [0.1, 0.15) is 11.1 Å². The molecule has 1 fully saturated rings. The molecule has 33 heavy (non-hydrogen) atoms. The molecule has 0 atom stereocenters. The number of halogens is 6. The van der Waals surface area contributed by atoms with Crippen molar-refractivity contribution in [2.45, 2.75) is 12.4 Å². The maximum Gasteiger partial charge on any atom is 0.416 e. The minimum absolute atomic E-state index is 0.0573. The molecule has 1 aliphatic rings. The summed E-state index contributed by atoms with van der Waals surface area (Å²) in [5.41, 5.74) is -2.35. The zero-order valence-electron chi connectivity index (χ0n) is 16.9. The Morgan fingerprint density at radius 2 is 1.45 bits per heavy atom. The Bertz CT molecular complexity index is 1020. The van der Waals surface area contributed by atoms with Gasteiger partial charge in [0, 0.05) is 37.9 Å². The normalized spacial score (nSPS) is 15.4. The van der Waals surface area contributed by atoms with Gasteiger partial charge < -0.3 is 10.2 Å². The Morgan fingerprint density at radius 1 is 0.909 bits per heavy atom. The molecule has 13 heteroatoms. The van der Waals surface area contributed by atoms with Gasteiger partial charge in [0.15, 0.2) is 0 Å². The number of nitro groups is 1. The molecule has 0 spiro atoms. The van der Waals surface area contributed by atoms with Crippen molar-refractivity contribution < 1.29 is 36.1 Å². The van der Waals surface area contributed by atoms with Crippen LogP contribution in [-0.2, 0) is 17.1 Å². The fraction of sp³-hybridized carbons (Fsp3) is 0.350. The van der Waals surface area contributed by atoms with E-state index in [4.69, 9.17) is 0 Å². The number of piperazine rings is 1. The van der Waals surface area contributed by atoms with Gasteiger partial charge in [0.25, 0.3) is 5.69 Å². The van der Waals surface area contributed by atoms with Crippen molar-refractivity contribution in [2.75, 3.05) is 42.9 Å². The van der Waals surface area contributed by atoms with Crippen LogP contribution >= 0.6 is 0 Å². The first-order valence-electron chi connectivity index (χ1n) is 9.64. The molecule has 0 aromatic heterocycles. The number of amides is 1. The highest BCUT2D eigenvalue weighted by molar-refractivity contribution is 5.92. The number of rotatable bonds is 5. The van der Waals surface area contributed by atoms with E-state index >= 15 is 0 Å². The third-order valence-corrected chi connectivity index (χ3v) is 5.08. The van der Waals surface area contributed by atoms with E-state index in [2.05, 4.69) is 5.32 Å². The Labute approximate surface area is 183 Å². The fourth-order valence-electron chi connectivity index (χ4n) is 3.41. The highest BCUT2D eigenvalue weighted by Gasteiger charge is 2.34. The second kappa shape index (κ2) is 9.25. The van der Waals surface area contributed by atoms with Gasteiger partial charge in [0.2, 0.25) is 5.91 Å². The number of alkyl halides is 6.